The standard InChI is InChI=1S/C14H18O3/c1-9-8-12-6-7-14(15-2,16-3)13(12)5-4-10(17-13)11(9)12/h4-5,8,10-11H,6-7H2,1-3H3/t10-,11+,12?,13+/m0/s1. The number of fused-ring (bicyclic) bond motifs is 2. The summed E-state index contributed by atoms with van der Waals surface area (Å²) in [6.45, 7) is 2.21. The molecule has 92 valence electrons. The molecule has 2 spiro atoms. The SMILES string of the molecule is COC1(OC)CCC23C=C(C)[C@@H]2[C@@H]2C=C[C@]13O2. The monoisotopic (exact) mass is 234 g/mol. The van der Waals surface area contributed by atoms with E-state index in [0.29, 0.717) is 5.92 Å². The quantitative estimate of drug-likeness (QED) is 0.540. The van der Waals surface area contributed by atoms with Crippen LogP contribution in [0.2, 0.25) is 0 Å². The first-order valence-corrected chi connectivity index (χ1v) is 6.32. The molecule has 4 atom stereocenters. The summed E-state index contributed by atoms with van der Waals surface area (Å²) >= 11 is 0. The fraction of sp³-hybridized carbons (Fsp3) is 0.714. The first-order valence-electron chi connectivity index (χ1n) is 6.32. The van der Waals surface area contributed by atoms with Crippen molar-refractivity contribution in [2.45, 2.75) is 37.3 Å². The van der Waals surface area contributed by atoms with Gasteiger partial charge in [-0.25, -0.2) is 0 Å². The van der Waals surface area contributed by atoms with Crippen LogP contribution < -0.4 is 0 Å². The largest absolute Gasteiger partial charge is 0.356 e. The minimum atomic E-state index is -0.607. The van der Waals surface area contributed by atoms with Crippen molar-refractivity contribution in [2.24, 2.45) is 11.3 Å². The Morgan fingerprint density at radius 3 is 2.71 bits per heavy atom. The van der Waals surface area contributed by atoms with Crippen molar-refractivity contribution in [1.29, 1.82) is 0 Å². The third-order valence-electron chi connectivity index (χ3n) is 5.49. The van der Waals surface area contributed by atoms with Gasteiger partial charge in [-0.2, -0.15) is 0 Å². The molecule has 2 heterocycles. The van der Waals surface area contributed by atoms with E-state index in [1.165, 1.54) is 5.57 Å². The Kier molecular flexibility index (Phi) is 1.63. The van der Waals surface area contributed by atoms with E-state index in [9.17, 15) is 0 Å². The summed E-state index contributed by atoms with van der Waals surface area (Å²) in [4.78, 5) is 0. The minimum absolute atomic E-state index is 0.127. The van der Waals surface area contributed by atoms with E-state index in [0.717, 1.165) is 12.8 Å². The predicted molar refractivity (Wildman–Crippen MR) is 62.4 cm³/mol. The van der Waals surface area contributed by atoms with E-state index >= 15 is 0 Å². The molecule has 2 fully saturated rings. The molecule has 3 nitrogen and oxygen atoms in total. The molecule has 0 aromatic carbocycles. The molecule has 3 heteroatoms. The summed E-state index contributed by atoms with van der Waals surface area (Å²) in [5.74, 6) is -0.0656. The Balaban J connectivity index is 1.92. The summed E-state index contributed by atoms with van der Waals surface area (Å²) in [6.07, 6.45) is 9.00. The second-order valence-electron chi connectivity index (χ2n) is 5.74. The third kappa shape index (κ3) is 0.752. The molecule has 1 unspecified atom stereocenters. The Labute approximate surface area is 101 Å². The summed E-state index contributed by atoms with van der Waals surface area (Å²) in [5.41, 5.74) is 1.20. The molecule has 2 aliphatic carbocycles. The van der Waals surface area contributed by atoms with Gasteiger partial charge in [0.2, 0.25) is 5.79 Å². The van der Waals surface area contributed by atoms with E-state index < -0.39 is 11.4 Å². The molecule has 0 radical (unpaired) electrons. The fourth-order valence-corrected chi connectivity index (χ4v) is 4.89. The summed E-state index contributed by atoms with van der Waals surface area (Å²) in [7, 11) is 3.45. The molecule has 0 amide bonds. The van der Waals surface area contributed by atoms with E-state index in [1.54, 1.807) is 14.2 Å². The molecular formula is C14H18O3. The van der Waals surface area contributed by atoms with Gasteiger partial charge in [0, 0.05) is 32.0 Å². The van der Waals surface area contributed by atoms with Crippen molar-refractivity contribution in [1.82, 2.24) is 0 Å². The average Bonchev–Trinajstić information content (AvgIpc) is 2.91. The second kappa shape index (κ2) is 2.68. The molecule has 17 heavy (non-hydrogen) atoms. The van der Waals surface area contributed by atoms with Gasteiger partial charge in [-0.15, -0.1) is 0 Å². The average molecular weight is 234 g/mol. The highest BCUT2D eigenvalue weighted by atomic mass is 16.7. The van der Waals surface area contributed by atoms with Crippen LogP contribution in [0.4, 0.5) is 0 Å². The molecular weight excluding hydrogens is 216 g/mol. The lowest BCUT2D eigenvalue weighted by Gasteiger charge is -2.50. The minimum Gasteiger partial charge on any atom is -0.356 e. The van der Waals surface area contributed by atoms with Gasteiger partial charge < -0.3 is 14.2 Å². The molecule has 4 aliphatic rings. The first kappa shape index (κ1) is 10.3. The number of rotatable bonds is 2. The smallest absolute Gasteiger partial charge is 0.201 e. The van der Waals surface area contributed by atoms with Gasteiger partial charge in [0.05, 0.1) is 6.10 Å². The summed E-state index contributed by atoms with van der Waals surface area (Å²) < 4.78 is 17.8. The van der Waals surface area contributed by atoms with Crippen LogP contribution in [0.25, 0.3) is 0 Å². The van der Waals surface area contributed by atoms with E-state index in [4.69, 9.17) is 14.2 Å². The van der Waals surface area contributed by atoms with Gasteiger partial charge in [0.1, 0.15) is 0 Å². The molecule has 0 N–H and O–H groups in total. The van der Waals surface area contributed by atoms with Gasteiger partial charge in [0.25, 0.3) is 0 Å². The summed E-state index contributed by atoms with van der Waals surface area (Å²) in [6, 6.07) is 0. The lowest BCUT2D eigenvalue weighted by molar-refractivity contribution is -0.283. The molecule has 1 saturated carbocycles. The van der Waals surface area contributed by atoms with Gasteiger partial charge >= 0.3 is 0 Å². The van der Waals surface area contributed by atoms with Crippen LogP contribution in [-0.2, 0) is 14.2 Å². The maximum atomic E-state index is 6.32. The van der Waals surface area contributed by atoms with Crippen LogP contribution in [-0.4, -0.2) is 31.7 Å². The van der Waals surface area contributed by atoms with Crippen LogP contribution in [0.5, 0.6) is 0 Å². The van der Waals surface area contributed by atoms with Crippen molar-refractivity contribution < 1.29 is 14.2 Å². The number of hydrogen-bond acceptors (Lipinski definition) is 3. The van der Waals surface area contributed by atoms with Gasteiger partial charge in [-0.05, 0) is 19.4 Å². The molecule has 2 bridgehead atoms. The van der Waals surface area contributed by atoms with Crippen molar-refractivity contribution in [3.63, 3.8) is 0 Å². The zero-order valence-electron chi connectivity index (χ0n) is 10.5. The molecule has 1 saturated heterocycles. The molecule has 0 aromatic rings. The van der Waals surface area contributed by atoms with Crippen molar-refractivity contribution in [2.75, 3.05) is 14.2 Å². The highest BCUT2D eigenvalue weighted by molar-refractivity contribution is 5.49. The van der Waals surface area contributed by atoms with Crippen LogP contribution in [0.15, 0.2) is 23.8 Å². The van der Waals surface area contributed by atoms with Crippen LogP contribution in [0.3, 0.4) is 0 Å². The fourth-order valence-electron chi connectivity index (χ4n) is 4.89. The second-order valence-corrected chi connectivity index (χ2v) is 5.74. The normalized spacial score (nSPS) is 52.1. The molecule has 2 aliphatic heterocycles. The van der Waals surface area contributed by atoms with Gasteiger partial charge in [0.15, 0.2) is 5.60 Å². The highest BCUT2D eigenvalue weighted by Crippen LogP contribution is 2.74. The first-order chi connectivity index (χ1) is 8.15. The number of methoxy groups -OCH3 is 2. The molecule has 4 rings (SSSR count). The van der Waals surface area contributed by atoms with E-state index in [-0.39, 0.29) is 11.5 Å². The maximum Gasteiger partial charge on any atom is 0.201 e. The Morgan fingerprint density at radius 2 is 2.06 bits per heavy atom. The zero-order chi connectivity index (χ0) is 11.9. The Hall–Kier alpha value is -0.640. The molecule has 0 aromatic heterocycles. The van der Waals surface area contributed by atoms with Crippen molar-refractivity contribution >= 4 is 0 Å². The highest BCUT2D eigenvalue weighted by Gasteiger charge is 2.80. The van der Waals surface area contributed by atoms with E-state index in [2.05, 4.69) is 25.2 Å². The number of hydrogen-bond donors (Lipinski definition) is 0. The van der Waals surface area contributed by atoms with Crippen molar-refractivity contribution in [3.8, 4) is 0 Å². The maximum absolute atomic E-state index is 6.32. The zero-order valence-corrected chi connectivity index (χ0v) is 10.5. The number of ether oxygens (including phenoxy) is 3. The van der Waals surface area contributed by atoms with Crippen molar-refractivity contribution in [3.05, 3.63) is 23.8 Å². The van der Waals surface area contributed by atoms with Crippen LogP contribution in [0.1, 0.15) is 19.8 Å². The third-order valence-corrected chi connectivity index (χ3v) is 5.49. The Bertz CT molecular complexity index is 448. The van der Waals surface area contributed by atoms with Gasteiger partial charge in [-0.1, -0.05) is 17.7 Å². The van der Waals surface area contributed by atoms with E-state index in [1.807, 2.05) is 0 Å². The summed E-state index contributed by atoms with van der Waals surface area (Å²) in [5, 5.41) is 0. The van der Waals surface area contributed by atoms with Crippen LogP contribution in [0, 0.1) is 11.3 Å². The predicted octanol–water partition coefficient (Wildman–Crippen LogP) is 2.04. The van der Waals surface area contributed by atoms with Crippen LogP contribution >= 0.6 is 0 Å². The topological polar surface area (TPSA) is 27.7 Å². The lowest BCUT2D eigenvalue weighted by Crippen LogP contribution is -2.59. The lowest BCUT2D eigenvalue weighted by atomic mass is 9.53. The Morgan fingerprint density at radius 1 is 1.29 bits per heavy atom. The van der Waals surface area contributed by atoms with Gasteiger partial charge in [-0.3, -0.25) is 0 Å².